The highest BCUT2D eigenvalue weighted by Crippen LogP contribution is 2.34. The van der Waals surface area contributed by atoms with E-state index in [1.165, 1.54) is 38.8 Å². The summed E-state index contributed by atoms with van der Waals surface area (Å²) >= 11 is 1.83. The Hall–Kier alpha value is -1.64. The summed E-state index contributed by atoms with van der Waals surface area (Å²) in [5.41, 5.74) is 5.42. The van der Waals surface area contributed by atoms with Gasteiger partial charge in [-0.25, -0.2) is 0 Å². The molecule has 0 aliphatic heterocycles. The van der Waals surface area contributed by atoms with Crippen molar-refractivity contribution in [2.45, 2.75) is 26.8 Å². The summed E-state index contributed by atoms with van der Waals surface area (Å²) in [6, 6.07) is 15.6. The van der Waals surface area contributed by atoms with Gasteiger partial charge in [0, 0.05) is 11.2 Å². The second-order valence-corrected chi connectivity index (χ2v) is 6.39. The first-order valence-corrected chi connectivity index (χ1v) is 8.44. The minimum atomic E-state index is 0.946. The third-order valence-corrected chi connectivity index (χ3v) is 4.79. The molecular weight excluding hydrogens is 274 g/mol. The van der Waals surface area contributed by atoms with Crippen molar-refractivity contribution in [2.24, 2.45) is 0 Å². The Morgan fingerprint density at radius 2 is 1.95 bits per heavy atom. The molecule has 108 valence electrons. The summed E-state index contributed by atoms with van der Waals surface area (Å²) in [7, 11) is 0. The molecular formula is C19H21NS. The lowest BCUT2D eigenvalue weighted by Gasteiger charge is -2.11. The van der Waals surface area contributed by atoms with E-state index in [0.717, 1.165) is 13.1 Å². The fraction of sp³-hybridized carbons (Fsp3) is 0.263. The van der Waals surface area contributed by atoms with E-state index in [1.807, 2.05) is 11.3 Å². The summed E-state index contributed by atoms with van der Waals surface area (Å²) < 4.78 is 1.39. The molecule has 3 rings (SSSR count). The normalized spacial score (nSPS) is 11.1. The lowest BCUT2D eigenvalue weighted by Crippen LogP contribution is -2.13. The van der Waals surface area contributed by atoms with Gasteiger partial charge in [0.05, 0.1) is 0 Å². The van der Waals surface area contributed by atoms with Crippen LogP contribution in [0, 0.1) is 6.92 Å². The van der Waals surface area contributed by atoms with Crippen molar-refractivity contribution in [1.82, 2.24) is 5.32 Å². The highest BCUT2D eigenvalue weighted by molar-refractivity contribution is 7.17. The van der Waals surface area contributed by atoms with Gasteiger partial charge in [0.15, 0.2) is 0 Å². The number of hydrogen-bond donors (Lipinski definition) is 1. The molecule has 0 radical (unpaired) electrons. The SMILES string of the molecule is CCCNCc1ccc(C)c(-c2cccc3ccsc23)c1. The van der Waals surface area contributed by atoms with Crippen molar-refractivity contribution < 1.29 is 0 Å². The number of thiophene rings is 1. The van der Waals surface area contributed by atoms with Crippen LogP contribution in [-0.4, -0.2) is 6.54 Å². The molecule has 0 atom stereocenters. The molecule has 21 heavy (non-hydrogen) atoms. The van der Waals surface area contributed by atoms with Gasteiger partial charge in [-0.15, -0.1) is 11.3 Å². The minimum Gasteiger partial charge on any atom is -0.313 e. The molecule has 1 nitrogen and oxygen atoms in total. The first-order chi connectivity index (χ1) is 10.3. The number of fused-ring (bicyclic) bond motifs is 1. The van der Waals surface area contributed by atoms with Crippen LogP contribution in [0.25, 0.3) is 21.2 Å². The predicted octanol–water partition coefficient (Wildman–Crippen LogP) is 5.38. The number of aryl methyl sites for hydroxylation is 1. The monoisotopic (exact) mass is 295 g/mol. The molecule has 1 N–H and O–H groups in total. The van der Waals surface area contributed by atoms with Gasteiger partial charge in [0.25, 0.3) is 0 Å². The summed E-state index contributed by atoms with van der Waals surface area (Å²) in [5.74, 6) is 0. The zero-order valence-electron chi connectivity index (χ0n) is 12.6. The highest BCUT2D eigenvalue weighted by Gasteiger charge is 2.08. The van der Waals surface area contributed by atoms with Crippen molar-refractivity contribution >= 4 is 21.4 Å². The molecule has 2 aromatic carbocycles. The van der Waals surface area contributed by atoms with Gasteiger partial charge < -0.3 is 5.32 Å². The Morgan fingerprint density at radius 3 is 2.81 bits per heavy atom. The molecule has 1 aromatic heterocycles. The number of nitrogens with one attached hydrogen (secondary N) is 1. The molecule has 2 heteroatoms. The first-order valence-electron chi connectivity index (χ1n) is 7.56. The summed E-state index contributed by atoms with van der Waals surface area (Å²) in [6.07, 6.45) is 1.17. The van der Waals surface area contributed by atoms with Crippen molar-refractivity contribution in [3.63, 3.8) is 0 Å². The van der Waals surface area contributed by atoms with Crippen LogP contribution in [0.5, 0.6) is 0 Å². The van der Waals surface area contributed by atoms with Gasteiger partial charge in [0.1, 0.15) is 0 Å². The minimum absolute atomic E-state index is 0.946. The fourth-order valence-corrected chi connectivity index (χ4v) is 3.61. The van der Waals surface area contributed by atoms with Crippen LogP contribution < -0.4 is 5.32 Å². The maximum atomic E-state index is 3.48. The molecule has 0 aliphatic carbocycles. The number of hydrogen-bond acceptors (Lipinski definition) is 2. The van der Waals surface area contributed by atoms with Crippen LogP contribution in [0.15, 0.2) is 47.8 Å². The third-order valence-electron chi connectivity index (χ3n) is 3.83. The Balaban J connectivity index is 2.01. The molecule has 0 bridgehead atoms. The molecule has 1 heterocycles. The Labute approximate surface area is 130 Å². The third kappa shape index (κ3) is 3.02. The molecule has 3 aromatic rings. The topological polar surface area (TPSA) is 12.0 Å². The largest absolute Gasteiger partial charge is 0.313 e. The van der Waals surface area contributed by atoms with Crippen LogP contribution in [0.2, 0.25) is 0 Å². The summed E-state index contributed by atoms with van der Waals surface area (Å²) in [5, 5.41) is 7.00. The Kier molecular flexibility index (Phi) is 4.37. The highest BCUT2D eigenvalue weighted by atomic mass is 32.1. The summed E-state index contributed by atoms with van der Waals surface area (Å²) in [4.78, 5) is 0. The quantitative estimate of drug-likeness (QED) is 0.623. The van der Waals surface area contributed by atoms with Crippen molar-refractivity contribution in [2.75, 3.05) is 6.54 Å². The van der Waals surface area contributed by atoms with E-state index in [-0.39, 0.29) is 0 Å². The van der Waals surface area contributed by atoms with Gasteiger partial charge in [-0.2, -0.15) is 0 Å². The molecule has 0 aliphatic rings. The van der Waals surface area contributed by atoms with Crippen molar-refractivity contribution in [1.29, 1.82) is 0 Å². The van der Waals surface area contributed by atoms with Crippen LogP contribution in [0.3, 0.4) is 0 Å². The van der Waals surface area contributed by atoms with Gasteiger partial charge >= 0.3 is 0 Å². The van der Waals surface area contributed by atoms with Crippen molar-refractivity contribution in [3.05, 3.63) is 59.0 Å². The molecule has 0 saturated heterocycles. The second-order valence-electron chi connectivity index (χ2n) is 5.47. The zero-order chi connectivity index (χ0) is 14.7. The van der Waals surface area contributed by atoms with Crippen molar-refractivity contribution in [3.8, 4) is 11.1 Å². The predicted molar refractivity (Wildman–Crippen MR) is 94.0 cm³/mol. The molecule has 0 fully saturated rings. The van der Waals surface area contributed by atoms with Crippen LogP contribution in [0.4, 0.5) is 0 Å². The molecule has 0 saturated carbocycles. The van der Waals surface area contributed by atoms with E-state index in [1.54, 1.807) is 0 Å². The van der Waals surface area contributed by atoms with Crippen LogP contribution in [-0.2, 0) is 6.54 Å². The molecule has 0 unspecified atom stereocenters. The van der Waals surface area contributed by atoms with E-state index in [2.05, 4.69) is 67.0 Å². The van der Waals surface area contributed by atoms with E-state index in [0.29, 0.717) is 0 Å². The number of benzene rings is 2. The van der Waals surface area contributed by atoms with Crippen LogP contribution >= 0.6 is 11.3 Å². The van der Waals surface area contributed by atoms with Crippen LogP contribution in [0.1, 0.15) is 24.5 Å². The van der Waals surface area contributed by atoms with E-state index < -0.39 is 0 Å². The average molecular weight is 295 g/mol. The lowest BCUT2D eigenvalue weighted by molar-refractivity contribution is 0.675. The average Bonchev–Trinajstić information content (AvgIpc) is 2.98. The van der Waals surface area contributed by atoms with E-state index >= 15 is 0 Å². The van der Waals surface area contributed by atoms with Gasteiger partial charge in [-0.3, -0.25) is 0 Å². The van der Waals surface area contributed by atoms with Gasteiger partial charge in [-0.1, -0.05) is 37.3 Å². The Bertz CT molecular complexity index is 742. The zero-order valence-corrected chi connectivity index (χ0v) is 13.5. The standard InChI is InChI=1S/C19H21NS/c1-3-10-20-13-15-8-7-14(2)18(12-15)17-6-4-5-16-9-11-21-19(16)17/h4-9,11-12,20H,3,10,13H2,1-2H3. The number of rotatable bonds is 5. The molecule has 0 amide bonds. The van der Waals surface area contributed by atoms with E-state index in [4.69, 9.17) is 0 Å². The Morgan fingerprint density at radius 1 is 1.05 bits per heavy atom. The molecule has 0 spiro atoms. The summed E-state index contributed by atoms with van der Waals surface area (Å²) in [6.45, 7) is 6.42. The maximum Gasteiger partial charge on any atom is 0.0421 e. The first kappa shape index (κ1) is 14.3. The van der Waals surface area contributed by atoms with E-state index in [9.17, 15) is 0 Å². The smallest absolute Gasteiger partial charge is 0.0421 e. The fourth-order valence-electron chi connectivity index (χ4n) is 2.68. The van der Waals surface area contributed by atoms with Gasteiger partial charge in [0.2, 0.25) is 0 Å². The second kappa shape index (κ2) is 6.42. The van der Waals surface area contributed by atoms with Gasteiger partial charge in [-0.05, 0) is 65.0 Å². The maximum absolute atomic E-state index is 3.48. The lowest BCUT2D eigenvalue weighted by atomic mass is 9.97.